The number of carbonyl (C=O) groups excluding carboxylic acids is 2. The first-order valence-electron chi connectivity index (χ1n) is 7.83. The number of fused-ring (bicyclic) bond motifs is 1. The third-order valence-corrected chi connectivity index (χ3v) is 4.55. The molecule has 0 radical (unpaired) electrons. The van der Waals surface area contributed by atoms with Gasteiger partial charge in [-0.2, -0.15) is 0 Å². The zero-order valence-electron chi connectivity index (χ0n) is 14.0. The Morgan fingerprint density at radius 3 is 2.62 bits per heavy atom. The van der Waals surface area contributed by atoms with Crippen LogP contribution in [0.3, 0.4) is 0 Å². The van der Waals surface area contributed by atoms with Crippen LogP contribution >= 0.6 is 0 Å². The number of ether oxygens (including phenoxy) is 3. The van der Waals surface area contributed by atoms with E-state index < -0.39 is 29.3 Å². The predicted octanol–water partition coefficient (Wildman–Crippen LogP) is 1.99. The molecule has 8 heteroatoms. The molecule has 0 saturated carbocycles. The summed E-state index contributed by atoms with van der Waals surface area (Å²) in [5.41, 5.74) is 0.686. The second-order valence-electron chi connectivity index (χ2n) is 5.43. The fourth-order valence-corrected chi connectivity index (χ4v) is 3.14. The van der Waals surface area contributed by atoms with Crippen LogP contribution in [0.4, 0.5) is 5.69 Å². The van der Waals surface area contributed by atoms with E-state index in [4.69, 9.17) is 14.2 Å². The van der Waals surface area contributed by atoms with Crippen LogP contribution in [-0.4, -0.2) is 42.2 Å². The Balaban J connectivity index is 1.59. The van der Waals surface area contributed by atoms with Crippen molar-refractivity contribution in [3.63, 3.8) is 0 Å². The molecule has 1 amide bonds. The van der Waals surface area contributed by atoms with Gasteiger partial charge in [0.25, 0.3) is 5.91 Å². The molecule has 1 atom stereocenters. The molecule has 1 aliphatic heterocycles. The van der Waals surface area contributed by atoms with E-state index >= 15 is 0 Å². The van der Waals surface area contributed by atoms with Gasteiger partial charge in [-0.05, 0) is 24.3 Å². The first kappa shape index (κ1) is 17.9. The second-order valence-corrected chi connectivity index (χ2v) is 6.78. The van der Waals surface area contributed by atoms with Gasteiger partial charge in [0, 0.05) is 18.0 Å². The smallest absolute Gasteiger partial charge is 0.339 e. The minimum absolute atomic E-state index is 0.181. The average molecular weight is 375 g/mol. The van der Waals surface area contributed by atoms with Crippen LogP contribution in [0.5, 0.6) is 11.5 Å². The van der Waals surface area contributed by atoms with Gasteiger partial charge < -0.3 is 19.5 Å². The molecule has 1 aliphatic rings. The van der Waals surface area contributed by atoms with Crippen molar-refractivity contribution >= 4 is 28.4 Å². The molecular weight excluding hydrogens is 358 g/mol. The van der Waals surface area contributed by atoms with Crippen LogP contribution in [0.2, 0.25) is 0 Å². The number of rotatable bonds is 5. The van der Waals surface area contributed by atoms with Crippen molar-refractivity contribution in [3.8, 4) is 11.5 Å². The Morgan fingerprint density at radius 2 is 1.85 bits per heavy atom. The van der Waals surface area contributed by atoms with Gasteiger partial charge in [-0.15, -0.1) is 0 Å². The maximum Gasteiger partial charge on any atom is 0.339 e. The molecule has 2 aromatic rings. The number of amides is 1. The van der Waals surface area contributed by atoms with Crippen molar-refractivity contribution in [3.05, 3.63) is 48.0 Å². The normalized spacial score (nSPS) is 13.6. The summed E-state index contributed by atoms with van der Waals surface area (Å²) in [5, 5.41) is 2.62. The van der Waals surface area contributed by atoms with Crippen LogP contribution in [0.15, 0.2) is 47.4 Å². The molecule has 1 N–H and O–H groups in total. The first-order chi connectivity index (χ1) is 12.5. The topological polar surface area (TPSA) is 90.9 Å². The quantitative estimate of drug-likeness (QED) is 0.804. The van der Waals surface area contributed by atoms with Crippen molar-refractivity contribution in [1.82, 2.24) is 0 Å². The first-order valence-corrected chi connectivity index (χ1v) is 9.39. The summed E-state index contributed by atoms with van der Waals surface area (Å²) in [7, 11) is -1.34. The molecule has 7 nitrogen and oxygen atoms in total. The molecule has 0 spiro atoms. The molecule has 26 heavy (non-hydrogen) atoms. The lowest BCUT2D eigenvalue weighted by Crippen LogP contribution is -2.22. The number of nitrogens with one attached hydrogen (secondary N) is 1. The minimum Gasteiger partial charge on any atom is -0.486 e. The summed E-state index contributed by atoms with van der Waals surface area (Å²) < 4.78 is 27.6. The van der Waals surface area contributed by atoms with E-state index in [1.54, 1.807) is 36.4 Å². The van der Waals surface area contributed by atoms with E-state index in [0.717, 1.165) is 0 Å². The van der Waals surface area contributed by atoms with Crippen LogP contribution in [-0.2, 0) is 20.3 Å². The van der Waals surface area contributed by atoms with Crippen LogP contribution in [0, 0.1) is 0 Å². The minimum atomic E-state index is -1.34. The molecule has 0 fully saturated rings. The van der Waals surface area contributed by atoms with Gasteiger partial charge in [-0.25, -0.2) is 4.79 Å². The Hall–Kier alpha value is -2.87. The summed E-state index contributed by atoms with van der Waals surface area (Å²) in [5.74, 6) is -0.0338. The van der Waals surface area contributed by atoms with Crippen LogP contribution < -0.4 is 14.8 Å². The average Bonchev–Trinajstić information content (AvgIpc) is 2.66. The number of hydrogen-bond donors (Lipinski definition) is 1. The fraction of sp³-hybridized carbons (Fsp3) is 0.222. The zero-order valence-corrected chi connectivity index (χ0v) is 14.8. The maximum absolute atomic E-state index is 12.1. The fourth-order valence-electron chi connectivity index (χ4n) is 2.41. The SMILES string of the molecule is C[S@@](=O)c1ccccc1C(=O)OCC(=O)Nc1ccc2c(c1)OCCO2. The molecule has 0 unspecified atom stereocenters. The van der Waals surface area contributed by atoms with Crippen molar-refractivity contribution in [2.24, 2.45) is 0 Å². The highest BCUT2D eigenvalue weighted by molar-refractivity contribution is 7.84. The molecule has 1 heterocycles. The van der Waals surface area contributed by atoms with Crippen LogP contribution in [0.25, 0.3) is 0 Å². The molecule has 0 bridgehead atoms. The van der Waals surface area contributed by atoms with Crippen molar-refractivity contribution in [2.45, 2.75) is 4.90 Å². The molecule has 0 aliphatic carbocycles. The van der Waals surface area contributed by atoms with E-state index in [9.17, 15) is 13.8 Å². The number of hydrogen-bond acceptors (Lipinski definition) is 6. The van der Waals surface area contributed by atoms with E-state index in [2.05, 4.69) is 5.32 Å². The Morgan fingerprint density at radius 1 is 1.12 bits per heavy atom. The molecule has 136 valence electrons. The highest BCUT2D eigenvalue weighted by Crippen LogP contribution is 2.32. The van der Waals surface area contributed by atoms with Gasteiger partial charge in [0.2, 0.25) is 0 Å². The van der Waals surface area contributed by atoms with Crippen molar-refractivity contribution < 1.29 is 28.0 Å². The number of carbonyl (C=O) groups is 2. The molecule has 0 aromatic heterocycles. The van der Waals surface area contributed by atoms with Gasteiger partial charge in [-0.3, -0.25) is 9.00 Å². The molecular formula is C18H17NO6S. The van der Waals surface area contributed by atoms with Crippen LogP contribution in [0.1, 0.15) is 10.4 Å². The van der Waals surface area contributed by atoms with E-state index in [0.29, 0.717) is 35.3 Å². The zero-order chi connectivity index (χ0) is 18.5. The third-order valence-electron chi connectivity index (χ3n) is 3.58. The number of esters is 1. The maximum atomic E-state index is 12.1. The van der Waals surface area contributed by atoms with Crippen molar-refractivity contribution in [1.29, 1.82) is 0 Å². The van der Waals surface area contributed by atoms with Gasteiger partial charge in [-0.1, -0.05) is 12.1 Å². The molecule has 2 aromatic carbocycles. The summed E-state index contributed by atoms with van der Waals surface area (Å²) in [6, 6.07) is 11.4. The summed E-state index contributed by atoms with van der Waals surface area (Å²) in [4.78, 5) is 24.5. The van der Waals surface area contributed by atoms with E-state index in [-0.39, 0.29) is 5.56 Å². The highest BCUT2D eigenvalue weighted by Gasteiger charge is 2.17. The van der Waals surface area contributed by atoms with E-state index in [1.165, 1.54) is 12.3 Å². The predicted molar refractivity (Wildman–Crippen MR) is 95.1 cm³/mol. The lowest BCUT2D eigenvalue weighted by molar-refractivity contribution is -0.119. The third kappa shape index (κ3) is 4.20. The lowest BCUT2D eigenvalue weighted by atomic mass is 10.2. The summed E-state index contributed by atoms with van der Waals surface area (Å²) in [6.45, 7) is 0.469. The Labute approximate surface area is 152 Å². The molecule has 0 saturated heterocycles. The standard InChI is InChI=1S/C18H17NO6S/c1-26(22)16-5-3-2-4-13(16)18(21)25-11-17(20)19-12-6-7-14-15(10-12)24-9-8-23-14/h2-7,10H,8-9,11H2,1H3,(H,19,20)/t26-/m1/s1. The van der Waals surface area contributed by atoms with Gasteiger partial charge in [0.15, 0.2) is 18.1 Å². The number of anilines is 1. The monoisotopic (exact) mass is 375 g/mol. The molecule has 3 rings (SSSR count). The number of benzene rings is 2. The summed E-state index contributed by atoms with van der Waals surface area (Å²) in [6.07, 6.45) is 1.47. The van der Waals surface area contributed by atoms with Gasteiger partial charge >= 0.3 is 5.97 Å². The van der Waals surface area contributed by atoms with Gasteiger partial charge in [0.05, 0.1) is 21.3 Å². The summed E-state index contributed by atoms with van der Waals surface area (Å²) >= 11 is 0. The Bertz CT molecular complexity index is 867. The second kappa shape index (κ2) is 8.01. The highest BCUT2D eigenvalue weighted by atomic mass is 32.2. The largest absolute Gasteiger partial charge is 0.486 e. The lowest BCUT2D eigenvalue weighted by Gasteiger charge is -2.19. The van der Waals surface area contributed by atoms with E-state index in [1.807, 2.05) is 0 Å². The van der Waals surface area contributed by atoms with Crippen molar-refractivity contribution in [2.75, 3.05) is 31.4 Å². The Kier molecular flexibility index (Phi) is 5.52. The van der Waals surface area contributed by atoms with Gasteiger partial charge in [0.1, 0.15) is 13.2 Å².